The Balaban J connectivity index is 0.00000144. The van der Waals surface area contributed by atoms with E-state index in [0.717, 1.165) is 11.1 Å². The molecule has 0 fully saturated rings. The van der Waals surface area contributed by atoms with Crippen molar-refractivity contribution in [1.82, 2.24) is 0 Å². The Hall–Kier alpha value is -0.466. The molecule has 1 N–H and O–H groups in total. The summed E-state index contributed by atoms with van der Waals surface area (Å²) < 4.78 is 0. The van der Waals surface area contributed by atoms with Crippen molar-refractivity contribution in [1.29, 1.82) is 0 Å². The Bertz CT molecular complexity index is 332. The molecule has 65 valence electrons. The zero-order chi connectivity index (χ0) is 9.14. The molecule has 0 heterocycles. The van der Waals surface area contributed by atoms with Gasteiger partial charge in [0.25, 0.3) is 0 Å². The predicted molar refractivity (Wildman–Crippen MR) is 46.1 cm³/mol. The van der Waals surface area contributed by atoms with Gasteiger partial charge in [0, 0.05) is 38.3 Å². The van der Waals surface area contributed by atoms with Crippen LogP contribution in [0.5, 0.6) is 0 Å². The number of carboxylic acids is 1. The van der Waals surface area contributed by atoms with Gasteiger partial charge in [-0.3, -0.25) is 0 Å². The quantitative estimate of drug-likeness (QED) is 0.815. The second-order valence-corrected chi connectivity index (χ2v) is 2.51. The minimum Gasteiger partial charge on any atom is -0.478 e. The van der Waals surface area contributed by atoms with Crippen LogP contribution in [0.25, 0.3) is 0 Å². The Kier molecular flexibility index (Phi) is 5.11. The van der Waals surface area contributed by atoms with Crippen molar-refractivity contribution < 1.29 is 42.6 Å². The van der Waals surface area contributed by atoms with Gasteiger partial charge in [-0.15, -0.1) is 12.1 Å². The van der Waals surface area contributed by atoms with Crippen molar-refractivity contribution >= 4 is 5.97 Å². The van der Waals surface area contributed by atoms with Crippen LogP contribution in [0.3, 0.4) is 0 Å². The number of carbonyl (C=O) groups is 1. The molecule has 1 aromatic rings. The van der Waals surface area contributed by atoms with Gasteiger partial charge in [-0.2, -0.15) is 23.8 Å². The zero-order valence-electron chi connectivity index (χ0n) is 7.37. The van der Waals surface area contributed by atoms with E-state index < -0.39 is 5.97 Å². The number of rotatable bonds is 2. The first-order valence-corrected chi connectivity index (χ1v) is 3.52. The summed E-state index contributed by atoms with van der Waals surface area (Å²) in [5.41, 5.74) is 2.00. The van der Waals surface area contributed by atoms with Crippen LogP contribution in [0.2, 0.25) is 0 Å². The van der Waals surface area contributed by atoms with E-state index in [2.05, 4.69) is 12.7 Å². The number of hydrogen-bond donors (Lipinski definition) is 1. The molecule has 1 rings (SSSR count). The molecular weight excluding hydrogens is 241 g/mol. The van der Waals surface area contributed by atoms with E-state index >= 15 is 0 Å². The fourth-order valence-corrected chi connectivity index (χ4v) is 0.945. The summed E-state index contributed by atoms with van der Waals surface area (Å²) >= 11 is 0. The van der Waals surface area contributed by atoms with E-state index in [1.165, 1.54) is 0 Å². The fraction of sp³-hybridized carbons (Fsp3) is 0.100. The topological polar surface area (TPSA) is 37.3 Å². The Morgan fingerprint density at radius 3 is 2.62 bits per heavy atom. The molecule has 0 unspecified atom stereocenters. The molecular formula is C10H9O2Y-. The van der Waals surface area contributed by atoms with Crippen LogP contribution in [0.15, 0.2) is 24.8 Å². The van der Waals surface area contributed by atoms with E-state index in [4.69, 9.17) is 5.11 Å². The van der Waals surface area contributed by atoms with Gasteiger partial charge in [0.15, 0.2) is 0 Å². The summed E-state index contributed by atoms with van der Waals surface area (Å²) in [4.78, 5) is 10.5. The molecule has 0 saturated heterocycles. The van der Waals surface area contributed by atoms with E-state index in [9.17, 15) is 4.79 Å². The normalized spacial score (nSPS) is 8.69. The molecule has 1 aromatic carbocycles. The van der Waals surface area contributed by atoms with Gasteiger partial charge in [0.1, 0.15) is 0 Å². The monoisotopic (exact) mass is 250 g/mol. The van der Waals surface area contributed by atoms with Gasteiger partial charge in [-0.1, -0.05) is 13.0 Å². The first-order chi connectivity index (χ1) is 5.65. The van der Waals surface area contributed by atoms with Crippen LogP contribution in [-0.2, 0) is 32.7 Å². The summed E-state index contributed by atoms with van der Waals surface area (Å²) in [5.74, 6) is -0.925. The van der Waals surface area contributed by atoms with E-state index in [1.807, 2.05) is 6.92 Å². The minimum atomic E-state index is -0.925. The summed E-state index contributed by atoms with van der Waals surface area (Å²) in [7, 11) is 0. The second-order valence-electron chi connectivity index (χ2n) is 2.51. The van der Waals surface area contributed by atoms with E-state index in [-0.39, 0.29) is 38.3 Å². The number of aryl methyl sites for hydroxylation is 1. The molecule has 2 nitrogen and oxygen atoms in total. The van der Waals surface area contributed by atoms with Gasteiger partial charge in [-0.25, -0.2) is 4.79 Å². The molecule has 3 heteroatoms. The minimum absolute atomic E-state index is 0. The molecule has 0 aromatic heterocycles. The third-order valence-electron chi connectivity index (χ3n) is 1.67. The number of aromatic carboxylic acids is 1. The van der Waals surface area contributed by atoms with Crippen LogP contribution >= 0.6 is 0 Å². The molecule has 0 saturated carbocycles. The Morgan fingerprint density at radius 2 is 2.15 bits per heavy atom. The van der Waals surface area contributed by atoms with Gasteiger partial charge >= 0.3 is 5.97 Å². The molecule has 0 aliphatic carbocycles. The molecule has 0 amide bonds. The maximum atomic E-state index is 10.5. The molecule has 0 aliphatic heterocycles. The zero-order valence-corrected chi connectivity index (χ0v) is 10.2. The van der Waals surface area contributed by atoms with Crippen molar-refractivity contribution in [3.05, 3.63) is 47.5 Å². The average molecular weight is 250 g/mol. The fourth-order valence-electron chi connectivity index (χ4n) is 0.945. The number of carboxylic acid groups (broad SMARTS) is 1. The number of benzene rings is 1. The third kappa shape index (κ3) is 3.05. The van der Waals surface area contributed by atoms with Gasteiger partial charge in [0.2, 0.25) is 0 Å². The Labute approximate surface area is 103 Å². The van der Waals surface area contributed by atoms with E-state index in [1.54, 1.807) is 18.2 Å². The second kappa shape index (κ2) is 5.30. The summed E-state index contributed by atoms with van der Waals surface area (Å²) in [5, 5.41) is 8.65. The summed E-state index contributed by atoms with van der Waals surface area (Å²) in [6, 6.07) is 4.88. The average Bonchev–Trinajstić information content (AvgIpc) is 2.05. The first-order valence-electron chi connectivity index (χ1n) is 3.52. The molecule has 13 heavy (non-hydrogen) atoms. The van der Waals surface area contributed by atoms with Gasteiger partial charge < -0.3 is 5.11 Å². The summed E-state index contributed by atoms with van der Waals surface area (Å²) in [6.07, 6.45) is 2.68. The van der Waals surface area contributed by atoms with E-state index in [0.29, 0.717) is 0 Å². The maximum absolute atomic E-state index is 10.5. The van der Waals surface area contributed by atoms with Crippen molar-refractivity contribution in [3.63, 3.8) is 0 Å². The van der Waals surface area contributed by atoms with Crippen LogP contribution in [0, 0.1) is 13.0 Å². The predicted octanol–water partition coefficient (Wildman–Crippen LogP) is 2.03. The van der Waals surface area contributed by atoms with Crippen LogP contribution in [-0.4, -0.2) is 11.1 Å². The molecule has 0 atom stereocenters. The largest absolute Gasteiger partial charge is 0.478 e. The molecule has 1 radical (unpaired) electrons. The smallest absolute Gasteiger partial charge is 0.323 e. The molecule has 0 spiro atoms. The van der Waals surface area contributed by atoms with Crippen molar-refractivity contribution in [3.8, 4) is 0 Å². The van der Waals surface area contributed by atoms with Gasteiger partial charge in [-0.05, 0) is 0 Å². The van der Waals surface area contributed by atoms with Crippen molar-refractivity contribution in [2.45, 2.75) is 6.92 Å². The standard InChI is InChI=1S/C10H9O2.Y/c1-3-8-6-9(10(11)12)5-4-7(8)2;/h4-6H,1H2,2H3,(H,11,12);/q-1;. The SMILES string of the molecule is C=[C-]c1cc(C(=O)O)ccc1C.[Y]. The summed E-state index contributed by atoms with van der Waals surface area (Å²) in [6.45, 7) is 5.36. The van der Waals surface area contributed by atoms with Crippen LogP contribution in [0.4, 0.5) is 0 Å². The van der Waals surface area contributed by atoms with Crippen LogP contribution < -0.4 is 0 Å². The van der Waals surface area contributed by atoms with Crippen LogP contribution in [0.1, 0.15) is 21.5 Å². The number of hydrogen-bond acceptors (Lipinski definition) is 1. The third-order valence-corrected chi connectivity index (χ3v) is 1.67. The maximum Gasteiger partial charge on any atom is 0.323 e. The first kappa shape index (κ1) is 12.5. The molecule has 0 bridgehead atoms. The van der Waals surface area contributed by atoms with Crippen molar-refractivity contribution in [2.75, 3.05) is 0 Å². The molecule has 0 aliphatic rings. The van der Waals surface area contributed by atoms with Crippen molar-refractivity contribution in [2.24, 2.45) is 0 Å². The van der Waals surface area contributed by atoms with Gasteiger partial charge in [0.05, 0.1) is 0 Å². The Morgan fingerprint density at radius 1 is 1.54 bits per heavy atom.